The van der Waals surface area contributed by atoms with Crippen LogP contribution in [0.25, 0.3) is 0 Å². The Morgan fingerprint density at radius 2 is 1.76 bits per heavy atom. The second-order valence-corrected chi connectivity index (χ2v) is 8.49. The summed E-state index contributed by atoms with van der Waals surface area (Å²) in [6.45, 7) is 7.12. The summed E-state index contributed by atoms with van der Waals surface area (Å²) in [5.74, 6) is 2.13. The maximum Gasteiger partial charge on any atom is 0.161 e. The monoisotopic (exact) mass is 406 g/mol. The molecule has 2 aliphatic rings. The van der Waals surface area contributed by atoms with Gasteiger partial charge in [-0.25, -0.2) is 0 Å². The third-order valence-electron chi connectivity index (χ3n) is 6.09. The van der Waals surface area contributed by atoms with E-state index in [2.05, 4.69) is 21.9 Å². The van der Waals surface area contributed by atoms with Gasteiger partial charge in [-0.3, -0.25) is 4.90 Å². The summed E-state index contributed by atoms with van der Waals surface area (Å²) in [6.07, 6.45) is 5.66. The average Bonchev–Trinajstić information content (AvgIpc) is 2.75. The minimum absolute atomic E-state index is 0.290. The fourth-order valence-corrected chi connectivity index (χ4v) is 4.42. The lowest BCUT2D eigenvalue weighted by Gasteiger charge is -2.31. The zero-order chi connectivity index (χ0) is 20.5. The molecule has 1 aromatic carbocycles. The van der Waals surface area contributed by atoms with E-state index in [1.807, 2.05) is 6.07 Å². The molecule has 0 aromatic heterocycles. The zero-order valence-corrected chi connectivity index (χ0v) is 18.1. The van der Waals surface area contributed by atoms with E-state index < -0.39 is 6.10 Å². The maximum atomic E-state index is 10.4. The molecule has 0 aliphatic carbocycles. The van der Waals surface area contributed by atoms with Gasteiger partial charge in [0.1, 0.15) is 12.7 Å². The van der Waals surface area contributed by atoms with Gasteiger partial charge >= 0.3 is 0 Å². The summed E-state index contributed by atoms with van der Waals surface area (Å²) in [5, 5.41) is 10.4. The van der Waals surface area contributed by atoms with Gasteiger partial charge in [0, 0.05) is 26.8 Å². The minimum atomic E-state index is -0.485. The van der Waals surface area contributed by atoms with E-state index in [4.69, 9.17) is 14.2 Å². The number of piperidine rings is 2. The number of rotatable bonds is 10. The van der Waals surface area contributed by atoms with E-state index in [-0.39, 0.29) is 0 Å². The molecule has 1 aromatic rings. The van der Waals surface area contributed by atoms with Crippen molar-refractivity contribution in [1.29, 1.82) is 0 Å². The van der Waals surface area contributed by atoms with Gasteiger partial charge in [0.25, 0.3) is 0 Å². The van der Waals surface area contributed by atoms with Gasteiger partial charge in [-0.2, -0.15) is 0 Å². The normalized spacial score (nSPS) is 20.5. The Balaban J connectivity index is 1.50. The summed E-state index contributed by atoms with van der Waals surface area (Å²) >= 11 is 0. The number of nitrogens with zero attached hydrogens (tertiary/aromatic N) is 2. The summed E-state index contributed by atoms with van der Waals surface area (Å²) in [4.78, 5) is 4.82. The molecule has 1 atom stereocenters. The van der Waals surface area contributed by atoms with Gasteiger partial charge in [-0.05, 0) is 75.5 Å². The number of benzene rings is 1. The smallest absolute Gasteiger partial charge is 0.161 e. The number of hydrogen-bond donors (Lipinski definition) is 1. The quantitative estimate of drug-likeness (QED) is 0.645. The first kappa shape index (κ1) is 22.3. The third-order valence-corrected chi connectivity index (χ3v) is 6.09. The lowest BCUT2D eigenvalue weighted by Crippen LogP contribution is -2.38. The predicted molar refractivity (Wildman–Crippen MR) is 115 cm³/mol. The van der Waals surface area contributed by atoms with Crippen LogP contribution in [-0.2, 0) is 11.3 Å². The van der Waals surface area contributed by atoms with Crippen molar-refractivity contribution in [2.75, 3.05) is 60.2 Å². The molecule has 0 saturated carbocycles. The van der Waals surface area contributed by atoms with E-state index in [1.165, 1.54) is 37.7 Å². The van der Waals surface area contributed by atoms with Crippen LogP contribution in [0.2, 0.25) is 0 Å². The molecule has 0 amide bonds. The molecule has 0 bridgehead atoms. The molecule has 2 fully saturated rings. The molecule has 0 unspecified atom stereocenters. The standard InChI is InChI=1S/C23H38N2O4/c1-27-17-19-8-12-25(13-9-19)15-20-6-7-22(28-2)23(14-20)29-18-21(26)16-24-10-4-3-5-11-24/h6-7,14,19,21,26H,3-5,8-13,15-18H2,1-2H3/t21-/m0/s1. The Bertz CT molecular complexity index is 599. The highest BCUT2D eigenvalue weighted by Gasteiger charge is 2.20. The van der Waals surface area contributed by atoms with Crippen LogP contribution in [0.1, 0.15) is 37.7 Å². The molecule has 1 N–H and O–H groups in total. The Labute approximate surface area is 175 Å². The van der Waals surface area contributed by atoms with E-state index in [9.17, 15) is 5.11 Å². The number of β-amino-alcohol motifs (C(OH)–C–C–N with tert-alkyl or cyclic N) is 1. The molecular formula is C23H38N2O4. The molecule has 3 rings (SSSR count). The van der Waals surface area contributed by atoms with Gasteiger partial charge in [0.05, 0.1) is 7.11 Å². The number of methoxy groups -OCH3 is 2. The third kappa shape index (κ3) is 7.14. The highest BCUT2D eigenvalue weighted by atomic mass is 16.5. The summed E-state index contributed by atoms with van der Waals surface area (Å²) in [6, 6.07) is 6.14. The van der Waals surface area contributed by atoms with Crippen molar-refractivity contribution < 1.29 is 19.3 Å². The molecular weight excluding hydrogens is 368 g/mol. The fourth-order valence-electron chi connectivity index (χ4n) is 4.42. The largest absolute Gasteiger partial charge is 0.493 e. The molecule has 2 saturated heterocycles. The van der Waals surface area contributed by atoms with E-state index in [1.54, 1.807) is 14.2 Å². The second kappa shape index (κ2) is 11.7. The van der Waals surface area contributed by atoms with Crippen LogP contribution in [0.3, 0.4) is 0 Å². The van der Waals surface area contributed by atoms with Crippen LogP contribution in [0.5, 0.6) is 11.5 Å². The zero-order valence-electron chi connectivity index (χ0n) is 18.1. The Kier molecular flexibility index (Phi) is 9.05. The Hall–Kier alpha value is -1.34. The average molecular weight is 407 g/mol. The van der Waals surface area contributed by atoms with Crippen LogP contribution in [0, 0.1) is 5.92 Å². The van der Waals surface area contributed by atoms with Crippen LogP contribution < -0.4 is 9.47 Å². The second-order valence-electron chi connectivity index (χ2n) is 8.49. The number of ether oxygens (including phenoxy) is 3. The SMILES string of the molecule is COCC1CCN(Cc2ccc(OC)c(OC[C@@H](O)CN3CCCCC3)c2)CC1. The first-order valence-corrected chi connectivity index (χ1v) is 11.1. The molecule has 6 heteroatoms. The van der Waals surface area contributed by atoms with E-state index in [0.29, 0.717) is 19.1 Å². The van der Waals surface area contributed by atoms with Crippen LogP contribution in [0.15, 0.2) is 18.2 Å². The highest BCUT2D eigenvalue weighted by Crippen LogP contribution is 2.29. The summed E-state index contributed by atoms with van der Waals surface area (Å²) in [5.41, 5.74) is 1.22. The minimum Gasteiger partial charge on any atom is -0.493 e. The molecule has 2 heterocycles. The van der Waals surface area contributed by atoms with Crippen molar-refractivity contribution in [3.05, 3.63) is 23.8 Å². The molecule has 29 heavy (non-hydrogen) atoms. The molecule has 0 spiro atoms. The van der Waals surface area contributed by atoms with E-state index in [0.717, 1.165) is 50.8 Å². The summed E-state index contributed by atoms with van der Waals surface area (Å²) < 4.78 is 16.7. The molecule has 6 nitrogen and oxygen atoms in total. The van der Waals surface area contributed by atoms with Crippen molar-refractivity contribution in [3.63, 3.8) is 0 Å². The lowest BCUT2D eigenvalue weighted by atomic mass is 9.97. The molecule has 2 aliphatic heterocycles. The maximum absolute atomic E-state index is 10.4. The van der Waals surface area contributed by atoms with Crippen molar-refractivity contribution >= 4 is 0 Å². The van der Waals surface area contributed by atoms with E-state index >= 15 is 0 Å². The van der Waals surface area contributed by atoms with Crippen molar-refractivity contribution in [2.24, 2.45) is 5.92 Å². The van der Waals surface area contributed by atoms with Crippen LogP contribution >= 0.6 is 0 Å². The molecule has 0 radical (unpaired) electrons. The first-order chi connectivity index (χ1) is 14.2. The molecule has 164 valence electrons. The Morgan fingerprint density at radius 3 is 2.45 bits per heavy atom. The summed E-state index contributed by atoms with van der Waals surface area (Å²) in [7, 11) is 3.45. The number of likely N-dealkylation sites (tertiary alicyclic amines) is 2. The van der Waals surface area contributed by atoms with Crippen LogP contribution in [-0.4, -0.2) is 81.2 Å². The van der Waals surface area contributed by atoms with Gasteiger partial charge in [-0.1, -0.05) is 12.5 Å². The van der Waals surface area contributed by atoms with Crippen LogP contribution in [0.4, 0.5) is 0 Å². The number of aliphatic hydroxyl groups is 1. The number of hydrogen-bond acceptors (Lipinski definition) is 6. The highest BCUT2D eigenvalue weighted by molar-refractivity contribution is 5.43. The first-order valence-electron chi connectivity index (χ1n) is 11.1. The van der Waals surface area contributed by atoms with Crippen molar-refractivity contribution in [2.45, 2.75) is 44.8 Å². The van der Waals surface area contributed by atoms with Gasteiger partial charge < -0.3 is 24.2 Å². The van der Waals surface area contributed by atoms with Gasteiger partial charge in [0.15, 0.2) is 11.5 Å². The lowest BCUT2D eigenvalue weighted by molar-refractivity contribution is 0.0607. The predicted octanol–water partition coefficient (Wildman–Crippen LogP) is 2.78. The van der Waals surface area contributed by atoms with Crippen molar-refractivity contribution in [3.8, 4) is 11.5 Å². The van der Waals surface area contributed by atoms with Gasteiger partial charge in [0.2, 0.25) is 0 Å². The topological polar surface area (TPSA) is 54.4 Å². The fraction of sp³-hybridized carbons (Fsp3) is 0.739. The Morgan fingerprint density at radius 1 is 1.00 bits per heavy atom. The van der Waals surface area contributed by atoms with Gasteiger partial charge in [-0.15, -0.1) is 0 Å². The number of aliphatic hydroxyl groups excluding tert-OH is 1. The van der Waals surface area contributed by atoms with Crippen molar-refractivity contribution in [1.82, 2.24) is 9.80 Å².